The average Bonchev–Trinajstić information content (AvgIpc) is 2.80. The molecule has 172 valence electrons. The Kier molecular flexibility index (Phi) is 6.56. The number of nitrogens with one attached hydrogen (secondary N) is 1. The summed E-state index contributed by atoms with van der Waals surface area (Å²) in [6, 6.07) is 13.0. The zero-order chi connectivity index (χ0) is 24.4. The maximum absolute atomic E-state index is 12.9. The van der Waals surface area contributed by atoms with Crippen molar-refractivity contribution in [3.05, 3.63) is 82.2 Å². The van der Waals surface area contributed by atoms with E-state index >= 15 is 0 Å². The Morgan fingerprint density at radius 2 is 1.50 bits per heavy atom. The number of carbonyl (C=O) groups is 4. The summed E-state index contributed by atoms with van der Waals surface area (Å²) in [5.74, 6) is -1.72. The van der Waals surface area contributed by atoms with Gasteiger partial charge in [-0.3, -0.25) is 19.2 Å². The number of amides is 1. The van der Waals surface area contributed by atoms with Crippen molar-refractivity contribution < 1.29 is 23.9 Å². The number of anilines is 1. The van der Waals surface area contributed by atoms with E-state index in [0.717, 1.165) is 23.1 Å². The minimum Gasteiger partial charge on any atom is -0.452 e. The Bertz CT molecular complexity index is 1320. The molecule has 1 atom stereocenters. The fourth-order valence-corrected chi connectivity index (χ4v) is 4.32. The van der Waals surface area contributed by atoms with Gasteiger partial charge in [-0.2, -0.15) is 0 Å². The van der Waals surface area contributed by atoms with Gasteiger partial charge in [-0.15, -0.1) is 0 Å². The molecule has 9 heteroatoms. The fourth-order valence-electron chi connectivity index (χ4n) is 3.59. The molecule has 34 heavy (non-hydrogen) atoms. The molecule has 0 fully saturated rings. The van der Waals surface area contributed by atoms with Gasteiger partial charge >= 0.3 is 5.97 Å². The molecule has 0 aliphatic heterocycles. The molecule has 1 aliphatic carbocycles. The summed E-state index contributed by atoms with van der Waals surface area (Å²) in [5, 5.41) is 3.09. The summed E-state index contributed by atoms with van der Waals surface area (Å²) in [4.78, 5) is 58.8. The first-order valence-corrected chi connectivity index (χ1v) is 11.5. The fraction of sp³-hybridized carbons (Fsp3) is 0.200. The number of aromatic nitrogens is 2. The molecule has 2 aromatic carbocycles. The van der Waals surface area contributed by atoms with Crippen molar-refractivity contribution in [2.45, 2.75) is 32.0 Å². The molecule has 1 N–H and O–H groups in total. The van der Waals surface area contributed by atoms with Gasteiger partial charge < -0.3 is 10.1 Å². The van der Waals surface area contributed by atoms with Crippen LogP contribution in [0.4, 0.5) is 5.69 Å². The highest BCUT2D eigenvalue weighted by atomic mass is 32.2. The van der Waals surface area contributed by atoms with Crippen LogP contribution in [-0.4, -0.2) is 45.3 Å². The number of hydrogen-bond acceptors (Lipinski definition) is 8. The SMILES string of the molecule is Cc1cc(C)nc(SCC(=O)OC(C)C(=O)Nc2ccc3c(c2)C(=O)c2ccccc2C3=O)n1. The average molecular weight is 476 g/mol. The second-order valence-corrected chi connectivity index (χ2v) is 8.75. The van der Waals surface area contributed by atoms with Gasteiger partial charge in [0.1, 0.15) is 0 Å². The van der Waals surface area contributed by atoms with Crippen LogP contribution in [0.1, 0.15) is 50.2 Å². The monoisotopic (exact) mass is 475 g/mol. The van der Waals surface area contributed by atoms with E-state index in [9.17, 15) is 19.2 Å². The Labute approximate surface area is 200 Å². The lowest BCUT2D eigenvalue weighted by molar-refractivity contribution is -0.150. The largest absolute Gasteiger partial charge is 0.452 e. The van der Waals surface area contributed by atoms with Gasteiger partial charge in [-0.25, -0.2) is 9.97 Å². The molecule has 0 saturated carbocycles. The Hall–Kier alpha value is -3.85. The Morgan fingerprint density at radius 3 is 2.15 bits per heavy atom. The van der Waals surface area contributed by atoms with Crippen LogP contribution >= 0.6 is 11.8 Å². The molecule has 0 radical (unpaired) electrons. The summed E-state index contributed by atoms with van der Waals surface area (Å²) in [7, 11) is 0. The van der Waals surface area contributed by atoms with Crippen LogP contribution in [0.15, 0.2) is 53.7 Å². The number of esters is 1. The van der Waals surface area contributed by atoms with Gasteiger partial charge in [0.15, 0.2) is 22.8 Å². The van der Waals surface area contributed by atoms with Crippen LogP contribution < -0.4 is 5.32 Å². The first-order valence-electron chi connectivity index (χ1n) is 10.5. The first kappa shape index (κ1) is 23.3. The maximum Gasteiger partial charge on any atom is 0.317 e. The number of ketones is 2. The van der Waals surface area contributed by atoms with Crippen LogP contribution in [-0.2, 0) is 14.3 Å². The van der Waals surface area contributed by atoms with Crippen molar-refractivity contribution in [3.63, 3.8) is 0 Å². The third-order valence-corrected chi connectivity index (χ3v) is 5.97. The Morgan fingerprint density at radius 1 is 0.912 bits per heavy atom. The third-order valence-electron chi connectivity index (χ3n) is 5.15. The van der Waals surface area contributed by atoms with Crippen LogP contribution in [0.3, 0.4) is 0 Å². The zero-order valence-corrected chi connectivity index (χ0v) is 19.6. The molecule has 4 rings (SSSR count). The van der Waals surface area contributed by atoms with E-state index in [4.69, 9.17) is 4.74 Å². The van der Waals surface area contributed by atoms with Gasteiger partial charge in [0, 0.05) is 39.3 Å². The highest BCUT2D eigenvalue weighted by Gasteiger charge is 2.29. The van der Waals surface area contributed by atoms with Crippen LogP contribution in [0.2, 0.25) is 0 Å². The second-order valence-electron chi connectivity index (χ2n) is 7.81. The maximum atomic E-state index is 12.9. The van der Waals surface area contributed by atoms with Gasteiger partial charge in [-0.1, -0.05) is 36.0 Å². The number of fused-ring (bicyclic) bond motifs is 2. The quantitative estimate of drug-likeness (QED) is 0.256. The lowest BCUT2D eigenvalue weighted by atomic mass is 9.84. The molecule has 0 bridgehead atoms. The standard InChI is InChI=1S/C25H21N3O5S/c1-13-10-14(2)27-25(26-13)34-12-21(29)33-15(3)24(32)28-16-8-9-19-20(11-16)23(31)18-7-5-4-6-17(18)22(19)30/h4-11,15H,12H2,1-3H3,(H,28,32). The number of nitrogens with zero attached hydrogens (tertiary/aromatic N) is 2. The summed E-state index contributed by atoms with van der Waals surface area (Å²) in [6.45, 7) is 5.13. The molecule has 0 saturated heterocycles. The predicted molar refractivity (Wildman–Crippen MR) is 126 cm³/mol. The van der Waals surface area contributed by atoms with E-state index in [2.05, 4.69) is 15.3 Å². The van der Waals surface area contributed by atoms with E-state index in [1.165, 1.54) is 25.1 Å². The van der Waals surface area contributed by atoms with E-state index in [1.54, 1.807) is 24.3 Å². The Balaban J connectivity index is 1.38. The number of rotatable bonds is 6. The zero-order valence-electron chi connectivity index (χ0n) is 18.7. The normalized spacial score (nSPS) is 13.0. The minimum atomic E-state index is -1.07. The molecule has 1 aromatic heterocycles. The molecule has 8 nitrogen and oxygen atoms in total. The van der Waals surface area contributed by atoms with Crippen molar-refractivity contribution in [2.75, 3.05) is 11.1 Å². The van der Waals surface area contributed by atoms with Crippen molar-refractivity contribution >= 4 is 40.9 Å². The topological polar surface area (TPSA) is 115 Å². The van der Waals surface area contributed by atoms with Crippen molar-refractivity contribution in [1.82, 2.24) is 9.97 Å². The number of aryl methyl sites for hydroxylation is 2. The summed E-state index contributed by atoms with van der Waals surface area (Å²) >= 11 is 1.13. The first-order chi connectivity index (χ1) is 16.2. The number of ether oxygens (including phenoxy) is 1. The summed E-state index contributed by atoms with van der Waals surface area (Å²) < 4.78 is 5.22. The highest BCUT2D eigenvalue weighted by Crippen LogP contribution is 2.29. The van der Waals surface area contributed by atoms with Gasteiger partial charge in [0.05, 0.1) is 5.75 Å². The molecule has 1 amide bonds. The second kappa shape index (κ2) is 9.56. The van der Waals surface area contributed by atoms with Crippen LogP contribution in [0, 0.1) is 13.8 Å². The van der Waals surface area contributed by atoms with Gasteiger partial charge in [0.2, 0.25) is 0 Å². The van der Waals surface area contributed by atoms with Gasteiger partial charge in [-0.05, 0) is 45.0 Å². The number of thioether (sulfide) groups is 1. The molecular weight excluding hydrogens is 454 g/mol. The van der Waals surface area contributed by atoms with Gasteiger partial charge in [0.25, 0.3) is 5.91 Å². The van der Waals surface area contributed by atoms with E-state index in [-0.39, 0.29) is 28.4 Å². The molecule has 1 unspecified atom stereocenters. The van der Waals surface area contributed by atoms with Crippen molar-refractivity contribution in [2.24, 2.45) is 0 Å². The molecule has 1 aliphatic rings. The summed E-state index contributed by atoms with van der Waals surface area (Å²) in [5.41, 5.74) is 3.11. The lowest BCUT2D eigenvalue weighted by Gasteiger charge is -2.19. The van der Waals surface area contributed by atoms with Crippen molar-refractivity contribution in [3.8, 4) is 0 Å². The number of carbonyl (C=O) groups excluding carboxylic acids is 4. The molecule has 1 heterocycles. The molecule has 0 spiro atoms. The van der Waals surface area contributed by atoms with E-state index in [0.29, 0.717) is 22.0 Å². The van der Waals surface area contributed by atoms with E-state index < -0.39 is 18.0 Å². The van der Waals surface area contributed by atoms with E-state index in [1.807, 2.05) is 19.9 Å². The minimum absolute atomic E-state index is 0.0462. The number of hydrogen-bond donors (Lipinski definition) is 1. The van der Waals surface area contributed by atoms with Crippen LogP contribution in [0.5, 0.6) is 0 Å². The van der Waals surface area contributed by atoms with Crippen LogP contribution in [0.25, 0.3) is 0 Å². The molecular formula is C25H21N3O5S. The molecule has 3 aromatic rings. The highest BCUT2D eigenvalue weighted by molar-refractivity contribution is 7.99. The van der Waals surface area contributed by atoms with Crippen molar-refractivity contribution in [1.29, 1.82) is 0 Å². The lowest BCUT2D eigenvalue weighted by Crippen LogP contribution is -2.30. The smallest absolute Gasteiger partial charge is 0.317 e. The predicted octanol–water partition coefficient (Wildman–Crippen LogP) is 3.53. The number of benzene rings is 2. The third kappa shape index (κ3) is 4.89. The summed E-state index contributed by atoms with van der Waals surface area (Å²) in [6.07, 6.45) is -1.07.